The number of hydrogen-bond donors (Lipinski definition) is 1. The van der Waals surface area contributed by atoms with Crippen LogP contribution in [0.1, 0.15) is 60.9 Å². The third-order valence-electron chi connectivity index (χ3n) is 5.63. The van der Waals surface area contributed by atoms with Crippen LogP contribution in [0.4, 0.5) is 4.79 Å². The minimum Gasteiger partial charge on any atom is -0.496 e. The maximum atomic E-state index is 13.5. The molecule has 3 aromatic rings. The molecular weight excluding hydrogens is 432 g/mol. The number of ether oxygens (including phenoxy) is 2. The zero-order chi connectivity index (χ0) is 24.5. The summed E-state index contributed by atoms with van der Waals surface area (Å²) in [6, 6.07) is 14.9. The quantitative estimate of drug-likeness (QED) is 0.598. The van der Waals surface area contributed by atoms with Gasteiger partial charge in [-0.25, -0.2) is 9.48 Å². The van der Waals surface area contributed by atoms with Crippen molar-refractivity contribution in [3.05, 3.63) is 77.1 Å². The van der Waals surface area contributed by atoms with E-state index < -0.39 is 11.7 Å². The summed E-state index contributed by atoms with van der Waals surface area (Å²) in [5.74, 6) is 0.345. The van der Waals surface area contributed by atoms with E-state index >= 15 is 0 Å². The van der Waals surface area contributed by atoms with Gasteiger partial charge in [-0.15, -0.1) is 0 Å². The van der Waals surface area contributed by atoms with Crippen LogP contribution in [0.5, 0.6) is 5.75 Å². The Labute approximate surface area is 199 Å². The third kappa shape index (κ3) is 4.90. The van der Waals surface area contributed by atoms with Crippen molar-refractivity contribution in [2.45, 2.75) is 52.4 Å². The van der Waals surface area contributed by atoms with Crippen LogP contribution in [0, 0.1) is 0 Å². The third-order valence-corrected chi connectivity index (χ3v) is 5.63. The minimum atomic E-state index is -0.592. The first kappa shape index (κ1) is 23.4. The molecule has 1 N–H and O–H groups in total. The van der Waals surface area contributed by atoms with Gasteiger partial charge in [-0.05, 0) is 57.5 Å². The van der Waals surface area contributed by atoms with Gasteiger partial charge in [0.1, 0.15) is 11.4 Å². The molecule has 2 aromatic carbocycles. The second-order valence-electron chi connectivity index (χ2n) is 9.35. The van der Waals surface area contributed by atoms with Crippen molar-refractivity contribution in [1.29, 1.82) is 0 Å². The van der Waals surface area contributed by atoms with Gasteiger partial charge in [-0.1, -0.05) is 24.3 Å². The van der Waals surface area contributed by atoms with Gasteiger partial charge in [0.05, 0.1) is 42.8 Å². The maximum absolute atomic E-state index is 13.5. The van der Waals surface area contributed by atoms with Crippen LogP contribution in [-0.4, -0.2) is 39.4 Å². The summed E-state index contributed by atoms with van der Waals surface area (Å²) >= 11 is 0. The van der Waals surface area contributed by atoms with Crippen molar-refractivity contribution in [2.24, 2.45) is 0 Å². The van der Waals surface area contributed by atoms with Gasteiger partial charge in [0.2, 0.25) is 0 Å². The molecule has 1 aromatic heterocycles. The van der Waals surface area contributed by atoms with Crippen molar-refractivity contribution >= 4 is 12.0 Å². The fourth-order valence-electron chi connectivity index (χ4n) is 3.99. The Hall–Kier alpha value is -3.81. The van der Waals surface area contributed by atoms with E-state index in [1.165, 1.54) is 0 Å². The molecule has 1 aliphatic rings. The van der Waals surface area contributed by atoms with Crippen molar-refractivity contribution < 1.29 is 19.1 Å². The van der Waals surface area contributed by atoms with Crippen LogP contribution in [-0.2, 0) is 17.8 Å². The van der Waals surface area contributed by atoms with Crippen LogP contribution >= 0.6 is 0 Å². The number of hydrogen-bond acceptors (Lipinski definition) is 5. The second-order valence-corrected chi connectivity index (χ2v) is 9.35. The summed E-state index contributed by atoms with van der Waals surface area (Å²) in [4.78, 5) is 27.5. The summed E-state index contributed by atoms with van der Waals surface area (Å²) in [5.41, 5.74) is 3.61. The molecule has 0 fully saturated rings. The maximum Gasteiger partial charge on any atom is 0.408 e. The highest BCUT2D eigenvalue weighted by Gasteiger charge is 2.30. The Kier molecular flexibility index (Phi) is 6.32. The molecule has 178 valence electrons. The summed E-state index contributed by atoms with van der Waals surface area (Å²) in [5, 5.41) is 7.32. The number of nitrogens with zero attached hydrogens (tertiary/aromatic N) is 3. The molecule has 8 nitrogen and oxygen atoms in total. The molecule has 2 heterocycles. The van der Waals surface area contributed by atoms with Gasteiger partial charge in [-0.2, -0.15) is 5.10 Å². The molecular formula is C26H30N4O4. The average Bonchev–Trinajstić information content (AvgIpc) is 3.38. The molecule has 8 heteroatoms. The van der Waals surface area contributed by atoms with Gasteiger partial charge in [0, 0.05) is 12.1 Å². The molecule has 0 saturated carbocycles. The van der Waals surface area contributed by atoms with Gasteiger partial charge in [0.15, 0.2) is 0 Å². The number of amides is 2. The van der Waals surface area contributed by atoms with Crippen LogP contribution in [0.25, 0.3) is 5.69 Å². The Morgan fingerprint density at radius 2 is 1.82 bits per heavy atom. The molecule has 0 saturated heterocycles. The lowest BCUT2D eigenvalue weighted by molar-refractivity contribution is 0.0508. The monoisotopic (exact) mass is 462 g/mol. The summed E-state index contributed by atoms with van der Waals surface area (Å²) in [7, 11) is 1.54. The van der Waals surface area contributed by atoms with Crippen molar-refractivity contribution in [3.63, 3.8) is 0 Å². The number of methoxy groups -OCH3 is 1. The predicted molar refractivity (Wildman–Crippen MR) is 128 cm³/mol. The van der Waals surface area contributed by atoms with E-state index in [4.69, 9.17) is 9.47 Å². The Morgan fingerprint density at radius 1 is 1.09 bits per heavy atom. The number of fused-ring (bicyclic) bond motifs is 1. The Balaban J connectivity index is 1.54. The summed E-state index contributed by atoms with van der Waals surface area (Å²) < 4.78 is 12.7. The Bertz CT molecular complexity index is 1200. The highest BCUT2D eigenvalue weighted by molar-refractivity contribution is 5.97. The Morgan fingerprint density at radius 3 is 2.50 bits per heavy atom. The van der Waals surface area contributed by atoms with Gasteiger partial charge in [-0.3, -0.25) is 4.79 Å². The molecule has 1 atom stereocenters. The number of para-hydroxylation sites is 1. The van der Waals surface area contributed by atoms with Crippen molar-refractivity contribution in [1.82, 2.24) is 20.0 Å². The zero-order valence-corrected chi connectivity index (χ0v) is 20.2. The van der Waals surface area contributed by atoms with E-state index in [2.05, 4.69) is 10.4 Å². The number of nitrogens with one attached hydrogen (secondary N) is 1. The number of carbonyl (C=O) groups is 2. The van der Waals surface area contributed by atoms with Crippen LogP contribution in [0.2, 0.25) is 0 Å². The van der Waals surface area contributed by atoms with E-state index in [9.17, 15) is 9.59 Å². The smallest absolute Gasteiger partial charge is 0.408 e. The molecule has 0 radical (unpaired) electrons. The van der Waals surface area contributed by atoms with E-state index in [1.807, 2.05) is 75.0 Å². The largest absolute Gasteiger partial charge is 0.496 e. The first-order chi connectivity index (χ1) is 16.2. The molecule has 34 heavy (non-hydrogen) atoms. The van der Waals surface area contributed by atoms with Crippen molar-refractivity contribution in [2.75, 3.05) is 7.11 Å². The minimum absolute atomic E-state index is 0.140. The number of alkyl carbamates (subject to hydrolysis) is 1. The highest BCUT2D eigenvalue weighted by atomic mass is 16.6. The molecule has 0 spiro atoms. The highest BCUT2D eigenvalue weighted by Crippen LogP contribution is 2.30. The lowest BCUT2D eigenvalue weighted by atomic mass is 10.0. The number of aromatic nitrogens is 2. The molecule has 4 rings (SSSR count). The normalized spacial score (nSPS) is 13.9. The SMILES string of the molecule is COc1ccc([C@H](C)NC(=O)OC(C)(C)C)cc1C(=O)N1Cc2cnn(-c3ccccc3)c2C1. The lowest BCUT2D eigenvalue weighted by Crippen LogP contribution is -2.34. The fourth-order valence-corrected chi connectivity index (χ4v) is 3.99. The molecule has 0 unspecified atom stereocenters. The van der Waals surface area contributed by atoms with Crippen LogP contribution < -0.4 is 10.1 Å². The summed E-state index contributed by atoms with van der Waals surface area (Å²) in [6.45, 7) is 8.20. The second kappa shape index (κ2) is 9.21. The molecule has 1 aliphatic heterocycles. The number of benzene rings is 2. The first-order valence-corrected chi connectivity index (χ1v) is 11.2. The molecule has 0 aliphatic carbocycles. The average molecular weight is 463 g/mol. The van der Waals surface area contributed by atoms with Crippen molar-refractivity contribution in [3.8, 4) is 11.4 Å². The zero-order valence-electron chi connectivity index (χ0n) is 20.2. The van der Waals surface area contributed by atoms with Gasteiger partial charge < -0.3 is 19.7 Å². The number of carbonyl (C=O) groups excluding carboxylic acids is 2. The topological polar surface area (TPSA) is 85.7 Å². The fraction of sp³-hybridized carbons (Fsp3) is 0.346. The standard InChI is InChI=1S/C26H30N4O4/c1-17(28-25(32)34-26(2,3)4)18-11-12-23(33-5)21(13-18)24(31)29-15-19-14-27-30(22(19)16-29)20-9-7-6-8-10-20/h6-14,17H,15-16H2,1-5H3,(H,28,32)/t17-/m0/s1. The van der Waals surface area contributed by atoms with E-state index in [-0.39, 0.29) is 11.9 Å². The van der Waals surface area contributed by atoms with Crippen LogP contribution in [0.15, 0.2) is 54.7 Å². The number of rotatable bonds is 5. The predicted octanol–water partition coefficient (Wildman–Crippen LogP) is 4.62. The molecule has 0 bridgehead atoms. The molecule has 2 amide bonds. The van der Waals surface area contributed by atoms with Gasteiger partial charge >= 0.3 is 6.09 Å². The van der Waals surface area contributed by atoms with Gasteiger partial charge in [0.25, 0.3) is 5.91 Å². The van der Waals surface area contributed by atoms with E-state index in [0.29, 0.717) is 24.4 Å². The van der Waals surface area contributed by atoms with Crippen LogP contribution in [0.3, 0.4) is 0 Å². The van der Waals surface area contributed by atoms with E-state index in [0.717, 1.165) is 22.5 Å². The van der Waals surface area contributed by atoms with E-state index in [1.54, 1.807) is 24.1 Å². The summed E-state index contributed by atoms with van der Waals surface area (Å²) in [6.07, 6.45) is 1.31. The first-order valence-electron chi connectivity index (χ1n) is 11.2. The lowest BCUT2D eigenvalue weighted by Gasteiger charge is -2.23.